The Kier molecular flexibility index (Phi) is 85.2. The van der Waals surface area contributed by atoms with Crippen molar-refractivity contribution in [3.05, 3.63) is 10.1 Å². The van der Waals surface area contributed by atoms with E-state index in [0.29, 0.717) is 0 Å². The summed E-state index contributed by atoms with van der Waals surface area (Å²) in [6.07, 6.45) is 0. The summed E-state index contributed by atoms with van der Waals surface area (Å²) in [5.74, 6) is 0. The predicted octanol–water partition coefficient (Wildman–Crippen LogP) is -1.85. The van der Waals surface area contributed by atoms with Crippen molar-refractivity contribution in [1.29, 1.82) is 0 Å². The quantitative estimate of drug-likeness (QED) is 0.256. The van der Waals surface area contributed by atoms with Gasteiger partial charge in [-0.15, -0.1) is 0 Å². The third-order valence-corrected chi connectivity index (χ3v) is 0. The van der Waals surface area contributed by atoms with Crippen LogP contribution in [0.3, 0.4) is 0 Å². The van der Waals surface area contributed by atoms with Crippen LogP contribution in [-0.4, -0.2) is 5.48 Å². The van der Waals surface area contributed by atoms with Crippen LogP contribution < -0.4 is 5.34 Å². The van der Waals surface area contributed by atoms with Crippen LogP contribution in [0.1, 0.15) is 0 Å². The van der Waals surface area contributed by atoms with Crippen molar-refractivity contribution in [3.63, 3.8) is 0 Å². The first-order valence-corrected chi connectivity index (χ1v) is 0.408. The van der Waals surface area contributed by atoms with Gasteiger partial charge in [0.1, 0.15) is 0 Å². The van der Waals surface area contributed by atoms with Gasteiger partial charge in [-0.3, -0.25) is 15.6 Å². The molecule has 25 valence electrons. The van der Waals surface area contributed by atoms with Crippen LogP contribution in [0.5, 0.6) is 0 Å². The summed E-state index contributed by atoms with van der Waals surface area (Å²) in [6, 6.07) is 0. The molecule has 0 fully saturated rings. The molecule has 0 aromatic heterocycles. The lowest BCUT2D eigenvalue weighted by molar-refractivity contribution is -0.398. The van der Waals surface area contributed by atoms with Gasteiger partial charge in [0, 0.05) is 5.34 Å². The van der Waals surface area contributed by atoms with Gasteiger partial charge >= 0.3 is 0 Å². The first kappa shape index (κ1) is 10.1. The molecule has 0 saturated carbocycles. The zero-order chi connectivity index (χ0) is 2.71. The normalized spacial score (nSPS) is 3.00. The number of hydrogen-bond acceptors (Lipinski definition) is 2. The maximum absolute atomic E-state index is 8.12. The summed E-state index contributed by atoms with van der Waals surface area (Å²) in [5.41, 5.74) is 0. The molecule has 2 N–H and O–H groups in total. The van der Waals surface area contributed by atoms with Gasteiger partial charge < -0.3 is 0 Å². The molecule has 0 saturated heterocycles. The second-order valence-corrected chi connectivity index (χ2v) is 0.0833. The van der Waals surface area contributed by atoms with Crippen molar-refractivity contribution in [1.82, 2.24) is 0 Å². The molecule has 0 aliphatic rings. The van der Waals surface area contributed by atoms with Crippen LogP contribution in [-0.2, 0) is 0 Å². The summed E-state index contributed by atoms with van der Waals surface area (Å²) in [5, 5.41) is 8.38. The van der Waals surface area contributed by atoms with Gasteiger partial charge in [-0.05, 0) is 0 Å². The average Bonchev–Trinajstić information content (AvgIpc) is 0.918. The molecule has 0 aliphatic carbocycles. The van der Waals surface area contributed by atoms with Crippen LogP contribution >= 0.6 is 0 Å². The summed E-state index contributed by atoms with van der Waals surface area (Å²) in [7, 11) is 0. The highest BCUT2D eigenvalue weighted by Crippen LogP contribution is 0.618. The Morgan fingerprint density at radius 1 is 1.75 bits per heavy atom. The van der Waals surface area contributed by atoms with E-state index in [2.05, 4.69) is 0 Å². The average molecular weight is 64.0 g/mol. The van der Waals surface area contributed by atoms with Crippen LogP contribution in [0.25, 0.3) is 0 Å². The van der Waals surface area contributed by atoms with Gasteiger partial charge in [0.05, 0.1) is 0 Å². The van der Waals surface area contributed by atoms with Gasteiger partial charge in [-0.2, -0.15) is 0 Å². The Hall–Kier alpha value is -0.640. The van der Waals surface area contributed by atoms with Crippen LogP contribution in [0.2, 0.25) is 0 Å². The van der Waals surface area contributed by atoms with E-state index >= 15 is 0 Å². The lowest BCUT2D eigenvalue weighted by Crippen LogP contribution is -2.53. The van der Waals surface area contributed by atoms with E-state index in [1.807, 2.05) is 0 Å². The number of rotatable bonds is 0. The number of hydrogen-bond donors (Lipinski definition) is 2. The second-order valence-electron chi connectivity index (χ2n) is 0.0833. The summed E-state index contributed by atoms with van der Waals surface area (Å²) in [6.45, 7) is 0. The minimum atomic E-state index is 0. The summed E-state index contributed by atoms with van der Waals surface area (Å²) in [4.78, 5) is 8.12. The molecular formula is H2NO3. The fourth-order valence-corrected chi connectivity index (χ4v) is 0. The van der Waals surface area contributed by atoms with E-state index in [1.165, 1.54) is 0 Å². The molecule has 0 rings (SSSR count). The SMILES string of the molecule is O=[NH+][O-].[OH]. The van der Waals surface area contributed by atoms with E-state index in [0.717, 1.165) is 0 Å². The van der Waals surface area contributed by atoms with E-state index in [-0.39, 0.29) is 10.8 Å². The molecule has 0 spiro atoms. The predicted molar refractivity (Wildman–Crippen MR) is 9.63 cm³/mol. The minimum absolute atomic E-state index is 0. The first-order chi connectivity index (χ1) is 1.41. The molecule has 0 aromatic rings. The highest BCUT2D eigenvalue weighted by molar-refractivity contribution is 3.77. The Morgan fingerprint density at radius 3 is 1.75 bits per heavy atom. The highest BCUT2D eigenvalue weighted by atomic mass is 16.6. The molecule has 0 aliphatic heterocycles. The van der Waals surface area contributed by atoms with Crippen molar-refractivity contribution >= 4 is 0 Å². The zero-order valence-electron chi connectivity index (χ0n) is 1.76. The van der Waals surface area contributed by atoms with Crippen molar-refractivity contribution < 1.29 is 10.8 Å². The maximum Gasteiger partial charge on any atom is 0.00366 e. The summed E-state index contributed by atoms with van der Waals surface area (Å²) < 4.78 is 0. The molecule has 4 heavy (non-hydrogen) atoms. The molecule has 4 heteroatoms. The molecule has 0 unspecified atom stereocenters. The van der Waals surface area contributed by atoms with E-state index in [1.54, 1.807) is 0 Å². The van der Waals surface area contributed by atoms with Crippen LogP contribution in [0.15, 0.2) is 0 Å². The monoisotopic (exact) mass is 64.0 g/mol. The largest absolute Gasteiger partial charge is 0.267 e. The second kappa shape index (κ2) is 33.7. The Labute approximate surface area is 22.3 Å². The zero-order valence-corrected chi connectivity index (χ0v) is 1.76. The van der Waals surface area contributed by atoms with Crippen molar-refractivity contribution in [3.8, 4) is 0 Å². The minimum Gasteiger partial charge on any atom is -0.267 e. The number of nitrogens with one attached hydrogen (secondary N) is 1. The molecular weight excluding hydrogens is 62.0 g/mol. The molecule has 0 bridgehead atoms. The highest BCUT2D eigenvalue weighted by Gasteiger charge is 1.10. The first-order valence-electron chi connectivity index (χ1n) is 0.408. The van der Waals surface area contributed by atoms with Gasteiger partial charge in [-0.25, -0.2) is 0 Å². The van der Waals surface area contributed by atoms with E-state index in [4.69, 9.17) is 10.1 Å². The van der Waals surface area contributed by atoms with Gasteiger partial charge in [0.15, 0.2) is 0 Å². The molecule has 4 nitrogen and oxygen atoms in total. The third-order valence-electron chi connectivity index (χ3n) is 0. The molecule has 0 atom stereocenters. The topological polar surface area (TPSA) is 84.1 Å². The Bertz CT molecular complexity index is 10.8. The van der Waals surface area contributed by atoms with Crippen LogP contribution in [0.4, 0.5) is 0 Å². The molecule has 0 amide bonds. The third kappa shape index (κ3) is 0.430. The Morgan fingerprint density at radius 2 is 1.75 bits per heavy atom. The van der Waals surface area contributed by atoms with E-state index in [9.17, 15) is 0 Å². The van der Waals surface area contributed by atoms with Crippen LogP contribution in [0, 0.1) is 10.1 Å². The molecule has 0 heterocycles. The standard InChI is InChI=1S/HNO2.HO/c2-1-3;/h1H;1H. The van der Waals surface area contributed by atoms with Crippen molar-refractivity contribution in [2.45, 2.75) is 0 Å². The van der Waals surface area contributed by atoms with Crippen molar-refractivity contribution in [2.75, 3.05) is 0 Å². The lowest BCUT2D eigenvalue weighted by atomic mass is 13.4. The van der Waals surface area contributed by atoms with E-state index < -0.39 is 0 Å². The Balaban J connectivity index is 0. The molecule has 1 radical (unpaired) electrons. The maximum atomic E-state index is 8.12. The fraction of sp³-hybridized carbons (Fsp3) is 0. The van der Waals surface area contributed by atoms with Gasteiger partial charge in [0.25, 0.3) is 0 Å². The fourth-order valence-electron chi connectivity index (χ4n) is 0. The molecule has 0 aromatic carbocycles. The van der Waals surface area contributed by atoms with Gasteiger partial charge in [0.2, 0.25) is 0 Å². The lowest BCUT2D eigenvalue weighted by Gasteiger charge is -1.36. The smallest absolute Gasteiger partial charge is 0.00366 e. The van der Waals surface area contributed by atoms with Gasteiger partial charge in [-0.1, -0.05) is 0 Å². The summed E-state index contributed by atoms with van der Waals surface area (Å²) >= 11 is 0. The van der Waals surface area contributed by atoms with Crippen molar-refractivity contribution in [2.24, 2.45) is 0 Å².